The zero-order chi connectivity index (χ0) is 43.4. The molecule has 0 heterocycles. The summed E-state index contributed by atoms with van der Waals surface area (Å²) in [5.74, 6) is 0. The van der Waals surface area contributed by atoms with Gasteiger partial charge >= 0.3 is 0 Å². The molecule has 0 amide bonds. The molecule has 65 heavy (non-hydrogen) atoms. The largest absolute Gasteiger partial charge is 0.310 e. The van der Waals surface area contributed by atoms with Gasteiger partial charge in [-0.2, -0.15) is 0 Å². The molecule has 0 saturated heterocycles. The van der Waals surface area contributed by atoms with Crippen molar-refractivity contribution in [1.29, 1.82) is 0 Å². The number of hydrogen-bond donors (Lipinski definition) is 0. The summed E-state index contributed by atoms with van der Waals surface area (Å²) in [4.78, 5) is 2.51. The van der Waals surface area contributed by atoms with Crippen LogP contribution in [0.1, 0.15) is 72.4 Å². The molecule has 1 saturated carbocycles. The summed E-state index contributed by atoms with van der Waals surface area (Å²) < 4.78 is 0. The second-order valence-corrected chi connectivity index (χ2v) is 18.4. The van der Waals surface area contributed by atoms with E-state index in [1.54, 1.807) is 0 Å². The van der Waals surface area contributed by atoms with Crippen LogP contribution in [0.4, 0.5) is 11.4 Å². The fourth-order valence-electron chi connectivity index (χ4n) is 11.8. The van der Waals surface area contributed by atoms with Gasteiger partial charge in [0.15, 0.2) is 0 Å². The van der Waals surface area contributed by atoms with Gasteiger partial charge in [-0.15, -0.1) is 0 Å². The third-order valence-corrected chi connectivity index (χ3v) is 14.8. The summed E-state index contributed by atoms with van der Waals surface area (Å²) in [6.07, 6.45) is 15.9. The van der Waals surface area contributed by atoms with Gasteiger partial charge in [-0.3, -0.25) is 0 Å². The molecule has 0 unspecified atom stereocenters. The van der Waals surface area contributed by atoms with Crippen LogP contribution >= 0.6 is 0 Å². The highest BCUT2D eigenvalue weighted by Gasteiger charge is 2.46. The standard InChI is InChI=1S/C64H51N/c1-45-41-52(26-18-40-63(38-15-4-16-39-63)60-30-13-11-27-55(45)60)65(53-25-17-20-48(42-53)49-35-34-47-33-32-46-19-9-10-28-56(46)59(47)43-49)54-36-37-58-57-29-12-14-31-61(57)64(62(58)44-54,50-21-5-2-6-22-50)51-23-7-3-8-24-51/h2-3,5-14,17-37,40-44H,4,15-16,38-39H2,1H3/b40-18+,45-41+,52-26+. The average molecular weight is 834 g/mol. The summed E-state index contributed by atoms with van der Waals surface area (Å²) in [5, 5.41) is 5.07. The third kappa shape index (κ3) is 6.44. The number of anilines is 2. The van der Waals surface area contributed by atoms with Crippen LogP contribution in [0.3, 0.4) is 0 Å². The van der Waals surface area contributed by atoms with Gasteiger partial charge in [0.1, 0.15) is 0 Å². The molecule has 12 rings (SSSR count). The lowest BCUT2D eigenvalue weighted by molar-refractivity contribution is 0.356. The summed E-state index contributed by atoms with van der Waals surface area (Å²) >= 11 is 0. The maximum absolute atomic E-state index is 2.54. The lowest BCUT2D eigenvalue weighted by atomic mass is 9.67. The molecule has 3 aliphatic carbocycles. The first-order valence-corrected chi connectivity index (χ1v) is 23.5. The number of nitrogens with zero attached hydrogens (tertiary/aromatic N) is 1. The van der Waals surface area contributed by atoms with E-state index in [9.17, 15) is 0 Å². The highest BCUT2D eigenvalue weighted by atomic mass is 15.1. The molecule has 1 heteroatoms. The second kappa shape index (κ2) is 15.9. The van der Waals surface area contributed by atoms with Crippen LogP contribution < -0.4 is 4.90 Å². The predicted octanol–water partition coefficient (Wildman–Crippen LogP) is 16.9. The lowest BCUT2D eigenvalue weighted by Gasteiger charge is -2.37. The fraction of sp³-hybridized carbons (Fsp3) is 0.125. The van der Waals surface area contributed by atoms with E-state index in [1.165, 1.54) is 115 Å². The number of allylic oxidation sites excluding steroid dienone is 5. The van der Waals surface area contributed by atoms with Gasteiger partial charge in [-0.05, 0) is 145 Å². The van der Waals surface area contributed by atoms with Crippen molar-refractivity contribution in [3.8, 4) is 22.3 Å². The van der Waals surface area contributed by atoms with E-state index in [4.69, 9.17) is 0 Å². The van der Waals surface area contributed by atoms with Gasteiger partial charge in [0, 0.05) is 22.5 Å². The molecular weight excluding hydrogens is 783 g/mol. The highest BCUT2D eigenvalue weighted by molar-refractivity contribution is 6.08. The monoisotopic (exact) mass is 833 g/mol. The summed E-state index contributed by atoms with van der Waals surface area (Å²) in [5.41, 5.74) is 17.0. The van der Waals surface area contributed by atoms with Crippen molar-refractivity contribution >= 4 is 38.5 Å². The number of rotatable bonds is 6. The Hall–Kier alpha value is -7.48. The van der Waals surface area contributed by atoms with Crippen molar-refractivity contribution < 1.29 is 0 Å². The van der Waals surface area contributed by atoms with Crippen molar-refractivity contribution in [2.45, 2.75) is 49.9 Å². The molecule has 0 atom stereocenters. The molecule has 312 valence electrons. The van der Waals surface area contributed by atoms with Crippen LogP contribution in [0.25, 0.3) is 49.4 Å². The third-order valence-electron chi connectivity index (χ3n) is 14.8. The molecule has 1 fully saturated rings. The summed E-state index contributed by atoms with van der Waals surface area (Å²) in [6.45, 7) is 2.32. The van der Waals surface area contributed by atoms with Crippen LogP contribution in [-0.2, 0) is 10.8 Å². The van der Waals surface area contributed by atoms with Gasteiger partial charge in [-0.25, -0.2) is 0 Å². The first kappa shape index (κ1) is 39.1. The second-order valence-electron chi connectivity index (χ2n) is 18.4. The molecule has 0 aromatic heterocycles. The Kier molecular flexibility index (Phi) is 9.60. The zero-order valence-corrected chi connectivity index (χ0v) is 36.9. The van der Waals surface area contributed by atoms with Crippen molar-refractivity contribution in [1.82, 2.24) is 0 Å². The van der Waals surface area contributed by atoms with E-state index in [0.29, 0.717) is 0 Å². The van der Waals surface area contributed by atoms with E-state index in [1.807, 2.05) is 0 Å². The fourth-order valence-corrected chi connectivity index (χ4v) is 11.8. The Morgan fingerprint density at radius 2 is 1.05 bits per heavy atom. The van der Waals surface area contributed by atoms with Crippen LogP contribution in [0, 0.1) is 0 Å². The summed E-state index contributed by atoms with van der Waals surface area (Å²) in [7, 11) is 0. The topological polar surface area (TPSA) is 3.24 Å². The molecular formula is C64H51N. The molecule has 0 bridgehead atoms. The summed E-state index contributed by atoms with van der Waals surface area (Å²) in [6, 6.07) is 77.2. The van der Waals surface area contributed by atoms with Crippen LogP contribution in [-0.4, -0.2) is 0 Å². The van der Waals surface area contributed by atoms with Crippen LogP contribution in [0.15, 0.2) is 236 Å². The first-order valence-electron chi connectivity index (χ1n) is 23.5. The van der Waals surface area contributed by atoms with E-state index in [-0.39, 0.29) is 5.41 Å². The minimum absolute atomic E-state index is 0.0191. The molecule has 1 spiro atoms. The van der Waals surface area contributed by atoms with Crippen molar-refractivity contribution in [3.63, 3.8) is 0 Å². The molecule has 0 aliphatic heterocycles. The molecule has 0 radical (unpaired) electrons. The Morgan fingerprint density at radius 3 is 1.83 bits per heavy atom. The quantitative estimate of drug-likeness (QED) is 0.151. The Balaban J connectivity index is 1.10. The minimum Gasteiger partial charge on any atom is -0.310 e. The Morgan fingerprint density at radius 1 is 0.431 bits per heavy atom. The molecule has 9 aromatic carbocycles. The van der Waals surface area contributed by atoms with E-state index >= 15 is 0 Å². The maximum atomic E-state index is 2.54. The Bertz CT molecular complexity index is 3320. The molecule has 0 N–H and O–H groups in total. The van der Waals surface area contributed by atoms with E-state index < -0.39 is 5.41 Å². The molecule has 3 aliphatic rings. The zero-order valence-electron chi connectivity index (χ0n) is 36.9. The first-order chi connectivity index (χ1) is 32.1. The molecule has 1 nitrogen and oxygen atoms in total. The Labute approximate surface area is 383 Å². The van der Waals surface area contributed by atoms with Crippen molar-refractivity contribution in [2.24, 2.45) is 0 Å². The normalized spacial score (nSPS) is 17.9. The van der Waals surface area contributed by atoms with E-state index in [2.05, 4.69) is 242 Å². The van der Waals surface area contributed by atoms with Gasteiger partial charge in [0.05, 0.1) is 5.41 Å². The van der Waals surface area contributed by atoms with Crippen LogP contribution in [0.5, 0.6) is 0 Å². The number of hydrogen-bond acceptors (Lipinski definition) is 1. The lowest BCUT2D eigenvalue weighted by Crippen LogP contribution is -2.28. The van der Waals surface area contributed by atoms with Crippen molar-refractivity contribution in [3.05, 3.63) is 270 Å². The van der Waals surface area contributed by atoms with Crippen LogP contribution in [0.2, 0.25) is 0 Å². The van der Waals surface area contributed by atoms with E-state index in [0.717, 1.165) is 17.1 Å². The van der Waals surface area contributed by atoms with Gasteiger partial charge in [-0.1, -0.05) is 207 Å². The highest BCUT2D eigenvalue weighted by Crippen LogP contribution is 2.57. The predicted molar refractivity (Wildman–Crippen MR) is 275 cm³/mol. The average Bonchev–Trinajstić information content (AvgIpc) is 3.69. The SMILES string of the molecule is C\C1=C/C(N(c2cccc(-c3ccc4ccc5ccccc5c4c3)c2)c2ccc3c(c2)C(c2ccccc2)(c2ccccc2)c2ccccc2-3)=C\C=C\C2(CCCCC2)c2ccccc21. The van der Waals surface area contributed by atoms with Gasteiger partial charge in [0.25, 0.3) is 0 Å². The minimum atomic E-state index is -0.517. The van der Waals surface area contributed by atoms with Gasteiger partial charge < -0.3 is 4.90 Å². The van der Waals surface area contributed by atoms with Crippen molar-refractivity contribution in [2.75, 3.05) is 4.90 Å². The maximum Gasteiger partial charge on any atom is 0.0714 e. The molecule has 9 aromatic rings. The number of fused-ring (bicyclic) bond motifs is 8. The van der Waals surface area contributed by atoms with Gasteiger partial charge in [0.2, 0.25) is 0 Å². The smallest absolute Gasteiger partial charge is 0.0714 e. The number of benzene rings is 9.